The number of methoxy groups -OCH3 is 1. The Morgan fingerprint density at radius 2 is 1.59 bits per heavy atom. The molecule has 0 unspecified atom stereocenters. The molecule has 29 heavy (non-hydrogen) atoms. The van der Waals surface area contributed by atoms with Gasteiger partial charge in [0.25, 0.3) is 0 Å². The highest BCUT2D eigenvalue weighted by Crippen LogP contribution is 2.40. The normalized spacial score (nSPS) is 27.2. The number of carbonyl (C=O) groups is 5. The Balaban J connectivity index is 3.40. The van der Waals surface area contributed by atoms with Gasteiger partial charge in [-0.3, -0.25) is 19.2 Å². The van der Waals surface area contributed by atoms with Crippen LogP contribution < -0.4 is 0 Å². The second-order valence-electron chi connectivity index (χ2n) is 6.18. The molecule has 0 aliphatic carbocycles. The average molecular weight is 483 g/mol. The van der Waals surface area contributed by atoms with Gasteiger partial charge >= 0.3 is 29.8 Å². The van der Waals surface area contributed by atoms with Crippen molar-refractivity contribution in [2.75, 3.05) is 13.7 Å². The average Bonchev–Trinajstić information content (AvgIpc) is 2.58. The van der Waals surface area contributed by atoms with E-state index in [1.807, 2.05) is 0 Å². The molecule has 0 saturated carbocycles. The van der Waals surface area contributed by atoms with E-state index in [0.717, 1.165) is 34.8 Å². The van der Waals surface area contributed by atoms with Crippen LogP contribution in [0.15, 0.2) is 0 Å². The Kier molecular flexibility index (Phi) is 9.02. The van der Waals surface area contributed by atoms with Gasteiger partial charge in [0.05, 0.1) is 7.11 Å². The number of hydrogen-bond donors (Lipinski definition) is 0. The van der Waals surface area contributed by atoms with E-state index >= 15 is 0 Å². The summed E-state index contributed by atoms with van der Waals surface area (Å²) in [4.78, 5) is 58.3. The van der Waals surface area contributed by atoms with E-state index in [9.17, 15) is 24.0 Å². The number of ether oxygens (including phenoxy) is 6. The van der Waals surface area contributed by atoms with E-state index in [1.54, 1.807) is 0 Å². The summed E-state index contributed by atoms with van der Waals surface area (Å²) >= 11 is 3.12. The van der Waals surface area contributed by atoms with Crippen LogP contribution in [0.1, 0.15) is 34.1 Å². The molecular weight excluding hydrogens is 460 g/mol. The Labute approximate surface area is 175 Å². The highest BCUT2D eigenvalue weighted by molar-refractivity contribution is 9.10. The SMILES string of the molecule is COC(=O)[C@@]1(Br)C[C@@H](OC(C)=O)[C@@H](OC(C)=O)[C@@H]([C@@H](COC(C)=O)OC(C)=O)O1. The highest BCUT2D eigenvalue weighted by Gasteiger charge is 2.56. The lowest BCUT2D eigenvalue weighted by molar-refractivity contribution is -0.240. The zero-order valence-corrected chi connectivity index (χ0v) is 18.2. The molecule has 1 heterocycles. The van der Waals surface area contributed by atoms with Crippen LogP contribution in [0.4, 0.5) is 0 Å². The molecule has 164 valence electrons. The summed E-state index contributed by atoms with van der Waals surface area (Å²) in [6.45, 7) is 4.03. The van der Waals surface area contributed by atoms with Crippen LogP contribution in [0, 0.1) is 0 Å². The summed E-state index contributed by atoms with van der Waals surface area (Å²) in [5.41, 5.74) is 0. The second kappa shape index (κ2) is 10.5. The van der Waals surface area contributed by atoms with Crippen molar-refractivity contribution >= 4 is 45.8 Å². The summed E-state index contributed by atoms with van der Waals surface area (Å²) in [6.07, 6.45) is -5.34. The number of carbonyl (C=O) groups excluding carboxylic acids is 5. The summed E-state index contributed by atoms with van der Waals surface area (Å²) in [5, 5.41) is 0. The van der Waals surface area contributed by atoms with E-state index in [4.69, 9.17) is 28.4 Å². The molecule has 0 aromatic heterocycles. The van der Waals surface area contributed by atoms with Gasteiger partial charge in [-0.05, 0) is 15.9 Å². The maximum Gasteiger partial charge on any atom is 0.349 e. The summed E-state index contributed by atoms with van der Waals surface area (Å²) < 4.78 is 29.2. The van der Waals surface area contributed by atoms with Crippen LogP contribution in [0.5, 0.6) is 0 Å². The smallest absolute Gasteiger partial charge is 0.349 e. The first-order valence-electron chi connectivity index (χ1n) is 8.49. The van der Waals surface area contributed by atoms with Crippen LogP contribution in [0.3, 0.4) is 0 Å². The maximum atomic E-state index is 12.3. The third-order valence-electron chi connectivity index (χ3n) is 3.72. The molecule has 12 heteroatoms. The van der Waals surface area contributed by atoms with Crippen molar-refractivity contribution in [3.63, 3.8) is 0 Å². The van der Waals surface area contributed by atoms with E-state index < -0.39 is 65.4 Å². The molecule has 1 saturated heterocycles. The fourth-order valence-corrected chi connectivity index (χ4v) is 3.45. The molecule has 0 N–H and O–H groups in total. The van der Waals surface area contributed by atoms with Crippen LogP contribution in [0.25, 0.3) is 0 Å². The molecule has 0 spiro atoms. The number of esters is 5. The topological polar surface area (TPSA) is 141 Å². The number of alkyl halides is 1. The number of halogens is 1. The van der Waals surface area contributed by atoms with E-state index in [0.29, 0.717) is 0 Å². The van der Waals surface area contributed by atoms with Crippen molar-refractivity contribution in [1.29, 1.82) is 0 Å². The highest BCUT2D eigenvalue weighted by atomic mass is 79.9. The van der Waals surface area contributed by atoms with Crippen LogP contribution >= 0.6 is 15.9 Å². The van der Waals surface area contributed by atoms with Gasteiger partial charge in [-0.1, -0.05) is 0 Å². The van der Waals surface area contributed by atoms with Crippen molar-refractivity contribution < 1.29 is 52.4 Å². The molecule has 11 nitrogen and oxygen atoms in total. The molecule has 1 fully saturated rings. The molecule has 0 bridgehead atoms. The predicted octanol–water partition coefficient (Wildman–Crippen LogP) is 0.398. The van der Waals surface area contributed by atoms with Gasteiger partial charge in [0.2, 0.25) is 4.51 Å². The molecule has 0 aromatic carbocycles. The predicted molar refractivity (Wildman–Crippen MR) is 96.5 cm³/mol. The first-order chi connectivity index (χ1) is 13.4. The van der Waals surface area contributed by atoms with Gasteiger partial charge < -0.3 is 28.4 Å². The van der Waals surface area contributed by atoms with Gasteiger partial charge in [0.15, 0.2) is 12.2 Å². The van der Waals surface area contributed by atoms with Crippen molar-refractivity contribution in [2.24, 2.45) is 0 Å². The molecule has 0 aromatic rings. The lowest BCUT2D eigenvalue weighted by Crippen LogP contribution is -2.62. The summed E-state index contributed by atoms with van der Waals surface area (Å²) in [5.74, 6) is -3.74. The third-order valence-corrected chi connectivity index (χ3v) is 4.56. The Hall–Kier alpha value is -2.21. The standard InChI is InChI=1S/C17H23BrO11/c1-8(19)25-7-13(27-10(3)21)15-14(28-11(4)22)12(26-9(2)20)6-17(18,29-15)16(23)24-5/h12-15H,6-7H2,1-5H3/t12-,13-,14-,15-,17-/m1/s1. The molecule has 5 atom stereocenters. The molecule has 0 radical (unpaired) electrons. The summed E-state index contributed by atoms with van der Waals surface area (Å²) in [7, 11) is 1.12. The van der Waals surface area contributed by atoms with Crippen LogP contribution in [-0.4, -0.2) is 72.5 Å². The van der Waals surface area contributed by atoms with Crippen molar-refractivity contribution in [2.45, 2.75) is 63.0 Å². The molecule has 1 aliphatic rings. The van der Waals surface area contributed by atoms with Crippen molar-refractivity contribution in [1.82, 2.24) is 0 Å². The molecular formula is C17H23BrO11. The van der Waals surface area contributed by atoms with Gasteiger partial charge in [0, 0.05) is 34.1 Å². The monoisotopic (exact) mass is 482 g/mol. The minimum Gasteiger partial charge on any atom is -0.466 e. The maximum absolute atomic E-state index is 12.3. The summed E-state index contributed by atoms with van der Waals surface area (Å²) in [6, 6.07) is 0. The fraction of sp³-hybridized carbons (Fsp3) is 0.706. The van der Waals surface area contributed by atoms with Crippen LogP contribution in [0.2, 0.25) is 0 Å². The first kappa shape index (κ1) is 24.8. The zero-order chi connectivity index (χ0) is 22.4. The van der Waals surface area contributed by atoms with Crippen molar-refractivity contribution in [3.05, 3.63) is 0 Å². The van der Waals surface area contributed by atoms with Gasteiger partial charge in [-0.2, -0.15) is 0 Å². The molecule has 1 aliphatic heterocycles. The zero-order valence-electron chi connectivity index (χ0n) is 16.6. The van der Waals surface area contributed by atoms with E-state index in [1.165, 1.54) is 0 Å². The Bertz CT molecular complexity index is 664. The molecule has 0 amide bonds. The molecule has 1 rings (SSSR count). The van der Waals surface area contributed by atoms with Crippen molar-refractivity contribution in [3.8, 4) is 0 Å². The number of rotatable bonds is 7. The van der Waals surface area contributed by atoms with Crippen LogP contribution in [-0.2, 0) is 52.4 Å². The van der Waals surface area contributed by atoms with E-state index in [2.05, 4.69) is 15.9 Å². The second-order valence-corrected chi connectivity index (χ2v) is 7.46. The Morgan fingerprint density at radius 3 is 2.03 bits per heavy atom. The minimum absolute atomic E-state index is 0.270. The third kappa shape index (κ3) is 7.28. The Morgan fingerprint density at radius 1 is 1.00 bits per heavy atom. The van der Waals surface area contributed by atoms with E-state index in [-0.39, 0.29) is 6.42 Å². The lowest BCUT2D eigenvalue weighted by atomic mass is 9.93. The first-order valence-corrected chi connectivity index (χ1v) is 9.29. The quantitative estimate of drug-likeness (QED) is 0.282. The fourth-order valence-electron chi connectivity index (χ4n) is 2.75. The van der Waals surface area contributed by atoms with Gasteiger partial charge in [-0.25, -0.2) is 4.79 Å². The van der Waals surface area contributed by atoms with Gasteiger partial charge in [-0.15, -0.1) is 0 Å². The largest absolute Gasteiger partial charge is 0.466 e. The minimum atomic E-state index is -1.81. The lowest BCUT2D eigenvalue weighted by Gasteiger charge is -2.45. The number of hydrogen-bond acceptors (Lipinski definition) is 11. The van der Waals surface area contributed by atoms with Gasteiger partial charge in [0.1, 0.15) is 18.8 Å².